The molecule has 0 amide bonds. The summed E-state index contributed by atoms with van der Waals surface area (Å²) in [6.07, 6.45) is 5.00. The van der Waals surface area contributed by atoms with Crippen LogP contribution in [0, 0.1) is 35.0 Å². The summed E-state index contributed by atoms with van der Waals surface area (Å²) in [5, 5.41) is 9.33. The Morgan fingerprint density at radius 3 is 2.71 bits per heavy atom. The highest BCUT2D eigenvalue weighted by molar-refractivity contribution is 5.74. The van der Waals surface area contributed by atoms with Gasteiger partial charge in [0.25, 0.3) is 0 Å². The normalized spacial score (nSPS) is 46.5. The Morgan fingerprint density at radius 2 is 2.14 bits per heavy atom. The van der Waals surface area contributed by atoms with Gasteiger partial charge in [0, 0.05) is 18.3 Å². The maximum absolute atomic E-state index is 12.9. The molecule has 0 aromatic carbocycles. The summed E-state index contributed by atoms with van der Waals surface area (Å²) in [6.45, 7) is 0.412. The van der Waals surface area contributed by atoms with E-state index in [1.165, 1.54) is 5.57 Å². The lowest BCUT2D eigenvalue weighted by atomic mass is 9.34. The van der Waals surface area contributed by atoms with E-state index in [0.29, 0.717) is 12.5 Å². The smallest absolute Gasteiger partial charge is 0.307 e. The fraction of sp³-hybridized carbons (Fsp3) is 0.812. The van der Waals surface area contributed by atoms with Crippen molar-refractivity contribution in [2.45, 2.75) is 38.0 Å². The lowest BCUT2D eigenvalue weighted by molar-refractivity contribution is -0.216. The molecule has 3 nitrogen and oxygen atoms in total. The summed E-state index contributed by atoms with van der Waals surface area (Å²) in [5.74, 6) is -2.57. The van der Waals surface area contributed by atoms with Gasteiger partial charge in [-0.2, -0.15) is 0 Å². The number of rotatable bonds is 4. The first-order chi connectivity index (χ1) is 9.87. The summed E-state index contributed by atoms with van der Waals surface area (Å²) in [5.41, 5.74) is 7.11. The Balaban J connectivity index is 1.48. The van der Waals surface area contributed by atoms with Gasteiger partial charge in [-0.15, -0.1) is 0 Å². The van der Waals surface area contributed by atoms with E-state index in [4.69, 9.17) is 5.73 Å². The first-order valence-electron chi connectivity index (χ1n) is 7.88. The van der Waals surface area contributed by atoms with Crippen LogP contribution >= 0.6 is 0 Å². The second-order valence-electron chi connectivity index (χ2n) is 7.59. The zero-order chi connectivity index (χ0) is 15.0. The van der Waals surface area contributed by atoms with E-state index in [1.807, 2.05) is 0 Å². The number of nitrogens with two attached hydrogens (primary N) is 1. The van der Waals surface area contributed by atoms with Crippen molar-refractivity contribution in [3.05, 3.63) is 11.6 Å². The van der Waals surface area contributed by atoms with E-state index in [-0.39, 0.29) is 41.9 Å². The average Bonchev–Trinajstić information content (AvgIpc) is 2.67. The van der Waals surface area contributed by atoms with Gasteiger partial charge in [0.05, 0.1) is 5.92 Å². The van der Waals surface area contributed by atoms with Crippen LogP contribution in [0.4, 0.5) is 8.78 Å². The maximum atomic E-state index is 12.9. The molecule has 4 aliphatic rings. The summed E-state index contributed by atoms with van der Waals surface area (Å²) < 4.78 is 25.9. The predicted molar refractivity (Wildman–Crippen MR) is 72.7 cm³/mol. The molecule has 3 fully saturated rings. The van der Waals surface area contributed by atoms with Crippen LogP contribution in [0.3, 0.4) is 0 Å². The molecule has 0 aromatic rings. The molecular formula is C16H21F2NO2. The van der Waals surface area contributed by atoms with E-state index in [9.17, 15) is 18.7 Å². The number of carboxylic acids is 1. The molecule has 0 radical (unpaired) electrons. The number of alkyl halides is 2. The van der Waals surface area contributed by atoms with E-state index in [0.717, 1.165) is 19.3 Å². The molecule has 3 saturated carbocycles. The minimum Gasteiger partial charge on any atom is -0.481 e. The molecule has 3 N–H and O–H groups in total. The predicted octanol–water partition coefficient (Wildman–Crippen LogP) is 2.66. The van der Waals surface area contributed by atoms with Crippen molar-refractivity contribution in [1.29, 1.82) is 0 Å². The number of carboxylic acid groups (broad SMARTS) is 1. The fourth-order valence-electron chi connectivity index (χ4n) is 5.82. The maximum Gasteiger partial charge on any atom is 0.307 e. The zero-order valence-corrected chi connectivity index (χ0v) is 11.9. The van der Waals surface area contributed by atoms with Gasteiger partial charge < -0.3 is 10.8 Å². The van der Waals surface area contributed by atoms with Crippen LogP contribution in [0.25, 0.3) is 0 Å². The van der Waals surface area contributed by atoms with Crippen molar-refractivity contribution in [1.82, 2.24) is 0 Å². The molecule has 5 heteroatoms. The van der Waals surface area contributed by atoms with Crippen LogP contribution in [-0.4, -0.2) is 23.5 Å². The second kappa shape index (κ2) is 4.06. The molecule has 116 valence electrons. The highest BCUT2D eigenvalue weighted by atomic mass is 19.3. The summed E-state index contributed by atoms with van der Waals surface area (Å²) >= 11 is 0. The first kappa shape index (κ1) is 13.7. The minimum absolute atomic E-state index is 0.000590. The molecule has 5 atom stereocenters. The molecule has 0 bridgehead atoms. The largest absolute Gasteiger partial charge is 0.481 e. The third-order valence-electron chi connectivity index (χ3n) is 6.62. The monoisotopic (exact) mass is 297 g/mol. The van der Waals surface area contributed by atoms with Crippen LogP contribution in [0.1, 0.15) is 32.1 Å². The van der Waals surface area contributed by atoms with Gasteiger partial charge in [-0.3, -0.25) is 4.79 Å². The van der Waals surface area contributed by atoms with Crippen LogP contribution in [0.15, 0.2) is 11.6 Å². The van der Waals surface area contributed by atoms with Crippen molar-refractivity contribution >= 4 is 5.97 Å². The van der Waals surface area contributed by atoms with Gasteiger partial charge in [-0.1, -0.05) is 11.6 Å². The van der Waals surface area contributed by atoms with E-state index >= 15 is 0 Å². The van der Waals surface area contributed by atoms with Gasteiger partial charge in [0.2, 0.25) is 5.92 Å². The zero-order valence-electron chi connectivity index (χ0n) is 11.9. The SMILES string of the molecule is NCC1C(C(=O)O)[C@H]2C[C@H]3CC(CC4CC(F)(F)C4)=CC132. The first-order valence-corrected chi connectivity index (χ1v) is 7.88. The van der Waals surface area contributed by atoms with Crippen LogP contribution in [0.2, 0.25) is 0 Å². The second-order valence-corrected chi connectivity index (χ2v) is 7.59. The number of hydrogen-bond acceptors (Lipinski definition) is 2. The Hall–Kier alpha value is -0.970. The molecule has 0 aromatic heterocycles. The summed E-state index contributed by atoms with van der Waals surface area (Å²) in [6, 6.07) is 0. The van der Waals surface area contributed by atoms with Crippen molar-refractivity contribution < 1.29 is 18.7 Å². The number of allylic oxidation sites excluding steroid dienone is 2. The molecule has 0 heterocycles. The molecule has 4 rings (SSSR count). The van der Waals surface area contributed by atoms with Gasteiger partial charge in [0.15, 0.2) is 0 Å². The number of aliphatic carboxylic acids is 1. The standard InChI is InChI=1S/C16H21F2NO2/c17-15(18)4-9(5-15)1-8-2-10-3-11-13(14(20)21)12(7-19)16(10,11)6-8/h6,9-13H,1-5,7,19H2,(H,20,21)/t10-,11-,12?,13?,16?/m1/s1. The van der Waals surface area contributed by atoms with Gasteiger partial charge in [-0.05, 0) is 49.5 Å². The topological polar surface area (TPSA) is 63.3 Å². The third kappa shape index (κ3) is 1.64. The Bertz CT molecular complexity index is 524. The lowest BCUT2D eigenvalue weighted by Gasteiger charge is -2.69. The van der Waals surface area contributed by atoms with Gasteiger partial charge in [-0.25, -0.2) is 8.78 Å². The highest BCUT2D eigenvalue weighted by Gasteiger charge is 2.73. The molecule has 3 unspecified atom stereocenters. The van der Waals surface area contributed by atoms with Gasteiger partial charge >= 0.3 is 5.97 Å². The van der Waals surface area contributed by atoms with Crippen LogP contribution in [0.5, 0.6) is 0 Å². The third-order valence-corrected chi connectivity index (χ3v) is 6.62. The molecule has 21 heavy (non-hydrogen) atoms. The van der Waals surface area contributed by atoms with E-state index in [1.54, 1.807) is 0 Å². The van der Waals surface area contributed by atoms with Crippen LogP contribution in [-0.2, 0) is 4.79 Å². The van der Waals surface area contributed by atoms with Crippen molar-refractivity contribution in [2.24, 2.45) is 40.7 Å². The summed E-state index contributed by atoms with van der Waals surface area (Å²) in [7, 11) is 0. The van der Waals surface area contributed by atoms with E-state index in [2.05, 4.69) is 6.08 Å². The van der Waals surface area contributed by atoms with Crippen molar-refractivity contribution in [3.8, 4) is 0 Å². The molecular weight excluding hydrogens is 276 g/mol. The van der Waals surface area contributed by atoms with Crippen molar-refractivity contribution in [3.63, 3.8) is 0 Å². The van der Waals surface area contributed by atoms with Gasteiger partial charge in [0.1, 0.15) is 0 Å². The summed E-state index contributed by atoms with van der Waals surface area (Å²) in [4.78, 5) is 11.4. The molecule has 0 aliphatic heterocycles. The quantitative estimate of drug-likeness (QED) is 0.784. The van der Waals surface area contributed by atoms with E-state index < -0.39 is 11.9 Å². The molecule has 0 saturated heterocycles. The highest BCUT2D eigenvalue weighted by Crippen LogP contribution is 2.75. The Morgan fingerprint density at radius 1 is 1.43 bits per heavy atom. The lowest BCUT2D eigenvalue weighted by Crippen LogP contribution is -2.69. The van der Waals surface area contributed by atoms with Crippen molar-refractivity contribution in [2.75, 3.05) is 6.54 Å². The Kier molecular flexibility index (Phi) is 2.64. The van der Waals surface area contributed by atoms with Crippen LogP contribution < -0.4 is 5.73 Å². The number of halogens is 2. The number of carbonyl (C=O) groups is 1. The minimum atomic E-state index is -2.45. The average molecular weight is 297 g/mol. The number of hydrogen-bond donors (Lipinski definition) is 2. The molecule has 4 aliphatic carbocycles. The molecule has 1 spiro atoms. The Labute approximate surface area is 122 Å². The fourth-order valence-corrected chi connectivity index (χ4v) is 5.82.